The monoisotopic (exact) mass is 282 g/mol. The molecule has 1 unspecified atom stereocenters. The summed E-state index contributed by atoms with van der Waals surface area (Å²) in [5, 5.41) is 3.53. The summed E-state index contributed by atoms with van der Waals surface area (Å²) in [7, 11) is 2.02. The van der Waals surface area contributed by atoms with E-state index < -0.39 is 0 Å². The highest BCUT2D eigenvalue weighted by molar-refractivity contribution is 5.78. The Morgan fingerprint density at radius 2 is 1.85 bits per heavy atom. The molecule has 1 amide bonds. The second kappa shape index (κ2) is 9.38. The van der Waals surface area contributed by atoms with E-state index in [1.54, 1.807) is 0 Å². The predicted molar refractivity (Wildman–Crippen MR) is 85.8 cm³/mol. The van der Waals surface area contributed by atoms with Crippen molar-refractivity contribution in [1.82, 2.24) is 10.2 Å². The van der Waals surface area contributed by atoms with Crippen LogP contribution in [0, 0.1) is 5.92 Å². The highest BCUT2D eigenvalue weighted by Crippen LogP contribution is 2.25. The zero-order valence-corrected chi connectivity index (χ0v) is 14.0. The van der Waals surface area contributed by atoms with Gasteiger partial charge in [0.2, 0.25) is 5.91 Å². The number of unbranched alkanes of at least 4 members (excludes halogenated alkanes) is 1. The fraction of sp³-hybridized carbons (Fsp3) is 0.941. The summed E-state index contributed by atoms with van der Waals surface area (Å²) in [5.41, 5.74) is 0. The lowest BCUT2D eigenvalue weighted by molar-refractivity contribution is -0.137. The standard InChI is InChI=1S/C17H34N2O/c1-5-8-9-14(6-2)17(20)19(4)16-12-10-15(11-13-16)18-7-3/h14-16,18H,5-13H2,1-4H3. The highest BCUT2D eigenvalue weighted by Gasteiger charge is 2.28. The van der Waals surface area contributed by atoms with Crippen molar-refractivity contribution in [3.05, 3.63) is 0 Å². The minimum Gasteiger partial charge on any atom is -0.343 e. The molecule has 0 aromatic heterocycles. The van der Waals surface area contributed by atoms with Gasteiger partial charge in [-0.15, -0.1) is 0 Å². The summed E-state index contributed by atoms with van der Waals surface area (Å²) in [6, 6.07) is 1.13. The number of nitrogens with zero attached hydrogens (tertiary/aromatic N) is 1. The Bertz CT molecular complexity index is 272. The number of carbonyl (C=O) groups excluding carboxylic acids is 1. The molecule has 0 spiro atoms. The van der Waals surface area contributed by atoms with E-state index in [9.17, 15) is 4.79 Å². The van der Waals surface area contributed by atoms with Crippen LogP contribution in [0.5, 0.6) is 0 Å². The van der Waals surface area contributed by atoms with Crippen molar-refractivity contribution in [1.29, 1.82) is 0 Å². The van der Waals surface area contributed by atoms with E-state index >= 15 is 0 Å². The summed E-state index contributed by atoms with van der Waals surface area (Å²) >= 11 is 0. The van der Waals surface area contributed by atoms with E-state index in [0.29, 0.717) is 18.0 Å². The summed E-state index contributed by atoms with van der Waals surface area (Å²) in [4.78, 5) is 14.7. The molecule has 1 atom stereocenters. The van der Waals surface area contributed by atoms with Gasteiger partial charge in [0.25, 0.3) is 0 Å². The molecule has 0 aliphatic heterocycles. The van der Waals surface area contributed by atoms with Crippen LogP contribution in [0.25, 0.3) is 0 Å². The van der Waals surface area contributed by atoms with E-state index in [2.05, 4.69) is 31.0 Å². The largest absolute Gasteiger partial charge is 0.343 e. The van der Waals surface area contributed by atoms with Gasteiger partial charge in [0.15, 0.2) is 0 Å². The first-order chi connectivity index (χ1) is 9.63. The number of amides is 1. The molecular weight excluding hydrogens is 248 g/mol. The molecule has 0 saturated heterocycles. The number of hydrogen-bond donors (Lipinski definition) is 1. The average Bonchev–Trinajstić information content (AvgIpc) is 2.48. The van der Waals surface area contributed by atoms with Gasteiger partial charge in [0, 0.05) is 25.0 Å². The minimum atomic E-state index is 0.242. The molecule has 3 nitrogen and oxygen atoms in total. The molecule has 1 aliphatic carbocycles. The first-order valence-corrected chi connectivity index (χ1v) is 8.63. The van der Waals surface area contributed by atoms with Crippen LogP contribution in [0.15, 0.2) is 0 Å². The molecule has 0 radical (unpaired) electrons. The molecule has 118 valence electrons. The normalized spacial score (nSPS) is 24.4. The van der Waals surface area contributed by atoms with Gasteiger partial charge in [-0.3, -0.25) is 4.79 Å². The molecule has 0 aromatic rings. The molecule has 1 fully saturated rings. The van der Waals surface area contributed by atoms with Gasteiger partial charge in [0.1, 0.15) is 0 Å². The van der Waals surface area contributed by atoms with Crippen LogP contribution in [0.4, 0.5) is 0 Å². The van der Waals surface area contributed by atoms with Crippen LogP contribution >= 0.6 is 0 Å². The number of carbonyl (C=O) groups is 1. The first kappa shape index (κ1) is 17.5. The fourth-order valence-electron chi connectivity index (χ4n) is 3.38. The molecule has 0 aromatic carbocycles. The SMILES string of the molecule is CCCCC(CC)C(=O)N(C)C1CCC(NCC)CC1. The van der Waals surface area contributed by atoms with Crippen LogP contribution in [0.3, 0.4) is 0 Å². The third-order valence-corrected chi connectivity index (χ3v) is 4.83. The Labute approximate surface area is 125 Å². The highest BCUT2D eigenvalue weighted by atomic mass is 16.2. The van der Waals surface area contributed by atoms with Gasteiger partial charge in [0.05, 0.1) is 0 Å². The lowest BCUT2D eigenvalue weighted by atomic mass is 9.89. The van der Waals surface area contributed by atoms with Crippen molar-refractivity contribution < 1.29 is 4.79 Å². The lowest BCUT2D eigenvalue weighted by Crippen LogP contribution is -2.45. The zero-order valence-electron chi connectivity index (χ0n) is 14.0. The van der Waals surface area contributed by atoms with Crippen LogP contribution in [-0.2, 0) is 4.79 Å². The Balaban J connectivity index is 2.44. The van der Waals surface area contributed by atoms with Crippen LogP contribution in [-0.4, -0.2) is 36.5 Å². The van der Waals surface area contributed by atoms with Crippen LogP contribution in [0.1, 0.15) is 72.1 Å². The van der Waals surface area contributed by atoms with Gasteiger partial charge in [-0.05, 0) is 45.1 Å². The van der Waals surface area contributed by atoms with E-state index in [4.69, 9.17) is 0 Å². The zero-order chi connectivity index (χ0) is 15.0. The molecule has 3 heteroatoms. The Kier molecular flexibility index (Phi) is 8.20. The third kappa shape index (κ3) is 5.08. The average molecular weight is 282 g/mol. The molecule has 20 heavy (non-hydrogen) atoms. The van der Waals surface area contributed by atoms with Gasteiger partial charge >= 0.3 is 0 Å². The van der Waals surface area contributed by atoms with Crippen molar-refractivity contribution >= 4 is 5.91 Å². The first-order valence-electron chi connectivity index (χ1n) is 8.63. The van der Waals surface area contributed by atoms with E-state index in [-0.39, 0.29) is 5.92 Å². The maximum Gasteiger partial charge on any atom is 0.225 e. The molecular formula is C17H34N2O. The Morgan fingerprint density at radius 1 is 1.20 bits per heavy atom. The van der Waals surface area contributed by atoms with Gasteiger partial charge in [-0.2, -0.15) is 0 Å². The number of rotatable bonds is 8. The quantitative estimate of drug-likeness (QED) is 0.738. The minimum absolute atomic E-state index is 0.242. The van der Waals surface area contributed by atoms with E-state index in [1.807, 2.05) is 7.05 Å². The second-order valence-electron chi connectivity index (χ2n) is 6.26. The van der Waals surface area contributed by atoms with Crippen molar-refractivity contribution in [2.75, 3.05) is 13.6 Å². The van der Waals surface area contributed by atoms with Gasteiger partial charge < -0.3 is 10.2 Å². The summed E-state index contributed by atoms with van der Waals surface area (Å²) in [5.74, 6) is 0.624. The van der Waals surface area contributed by atoms with Gasteiger partial charge in [-0.25, -0.2) is 0 Å². The maximum absolute atomic E-state index is 12.6. The topological polar surface area (TPSA) is 32.3 Å². The summed E-state index contributed by atoms with van der Waals surface area (Å²) < 4.78 is 0. The molecule has 1 N–H and O–H groups in total. The van der Waals surface area contributed by atoms with Gasteiger partial charge in [-0.1, -0.05) is 33.6 Å². The smallest absolute Gasteiger partial charge is 0.225 e. The maximum atomic E-state index is 12.6. The Morgan fingerprint density at radius 3 is 2.35 bits per heavy atom. The summed E-state index contributed by atoms with van der Waals surface area (Å²) in [6.07, 6.45) is 9.13. The van der Waals surface area contributed by atoms with Crippen molar-refractivity contribution in [2.45, 2.75) is 84.2 Å². The molecule has 0 heterocycles. The fourth-order valence-corrected chi connectivity index (χ4v) is 3.38. The van der Waals surface area contributed by atoms with E-state index in [1.165, 1.54) is 25.7 Å². The molecule has 1 aliphatic rings. The van der Waals surface area contributed by atoms with E-state index in [0.717, 1.165) is 32.2 Å². The Hall–Kier alpha value is -0.570. The summed E-state index contributed by atoms with van der Waals surface area (Å²) in [6.45, 7) is 7.57. The number of hydrogen-bond acceptors (Lipinski definition) is 2. The molecule has 1 rings (SSSR count). The van der Waals surface area contributed by atoms with Crippen molar-refractivity contribution in [3.63, 3.8) is 0 Å². The second-order valence-corrected chi connectivity index (χ2v) is 6.26. The third-order valence-electron chi connectivity index (χ3n) is 4.83. The molecule has 0 bridgehead atoms. The number of nitrogens with one attached hydrogen (secondary N) is 1. The lowest BCUT2D eigenvalue weighted by Gasteiger charge is -2.36. The van der Waals surface area contributed by atoms with Crippen LogP contribution in [0.2, 0.25) is 0 Å². The van der Waals surface area contributed by atoms with Crippen molar-refractivity contribution in [2.24, 2.45) is 5.92 Å². The predicted octanol–water partition coefficient (Wildman–Crippen LogP) is 3.58. The van der Waals surface area contributed by atoms with Crippen molar-refractivity contribution in [3.8, 4) is 0 Å². The molecule has 1 saturated carbocycles. The van der Waals surface area contributed by atoms with Crippen LogP contribution < -0.4 is 5.32 Å².